The summed E-state index contributed by atoms with van der Waals surface area (Å²) in [6.07, 6.45) is 1.02. The van der Waals surface area contributed by atoms with Gasteiger partial charge in [0.2, 0.25) is 5.95 Å². The van der Waals surface area contributed by atoms with Gasteiger partial charge in [-0.1, -0.05) is 18.2 Å². The summed E-state index contributed by atoms with van der Waals surface area (Å²) < 4.78 is 5.49. The molecule has 26 heavy (non-hydrogen) atoms. The first kappa shape index (κ1) is 16.4. The van der Waals surface area contributed by atoms with Gasteiger partial charge in [-0.2, -0.15) is 4.98 Å². The lowest BCUT2D eigenvalue weighted by Crippen LogP contribution is -2.17. The lowest BCUT2D eigenvalue weighted by molar-refractivity contribution is 0.340. The molecule has 0 saturated carbocycles. The van der Waals surface area contributed by atoms with E-state index in [1.807, 2.05) is 44.2 Å². The van der Waals surface area contributed by atoms with Crippen LogP contribution in [0.4, 0.5) is 23.1 Å². The number of hydrogen-bond acceptors (Lipinski definition) is 5. The molecule has 0 amide bonds. The van der Waals surface area contributed by atoms with E-state index in [9.17, 15) is 0 Å². The summed E-state index contributed by atoms with van der Waals surface area (Å²) in [5.74, 6) is 2.40. The Morgan fingerprint density at radius 2 is 1.88 bits per heavy atom. The van der Waals surface area contributed by atoms with E-state index >= 15 is 0 Å². The molecule has 0 unspecified atom stereocenters. The van der Waals surface area contributed by atoms with Crippen molar-refractivity contribution in [2.24, 2.45) is 0 Å². The van der Waals surface area contributed by atoms with E-state index in [-0.39, 0.29) is 0 Å². The van der Waals surface area contributed by atoms with Crippen molar-refractivity contribution in [3.05, 3.63) is 65.9 Å². The molecule has 0 spiro atoms. The largest absolute Gasteiger partial charge is 0.494 e. The summed E-state index contributed by atoms with van der Waals surface area (Å²) in [5.41, 5.74) is 4.45. The number of ether oxygens (including phenoxy) is 1. The molecule has 1 aliphatic rings. The highest BCUT2D eigenvalue weighted by Gasteiger charge is 2.22. The Morgan fingerprint density at radius 1 is 1.08 bits per heavy atom. The number of nitrogens with one attached hydrogen (secondary N) is 1. The number of aromatic nitrogens is 2. The minimum atomic E-state index is 0.665. The van der Waals surface area contributed by atoms with Crippen LogP contribution in [-0.2, 0) is 6.42 Å². The highest BCUT2D eigenvalue weighted by atomic mass is 16.5. The third-order valence-electron chi connectivity index (χ3n) is 4.41. The standard InChI is InChI=1S/C21H22N4O/c1-3-26-18-10-8-17(9-11-18)23-20-14-15(2)22-21(24-20)25-13-12-16-6-4-5-7-19(16)25/h4-11,14H,3,12-13H2,1-2H3,(H,22,23,24). The number of rotatable bonds is 5. The van der Waals surface area contributed by atoms with Gasteiger partial charge in [-0.25, -0.2) is 4.98 Å². The van der Waals surface area contributed by atoms with Gasteiger partial charge in [0.15, 0.2) is 0 Å². The number of anilines is 4. The van der Waals surface area contributed by atoms with E-state index in [2.05, 4.69) is 39.5 Å². The number of aryl methyl sites for hydroxylation is 1. The molecule has 132 valence electrons. The van der Waals surface area contributed by atoms with Crippen LogP contribution in [0.5, 0.6) is 5.75 Å². The third kappa shape index (κ3) is 3.33. The van der Waals surface area contributed by atoms with Gasteiger partial charge in [-0.15, -0.1) is 0 Å². The fraction of sp³-hybridized carbons (Fsp3) is 0.238. The van der Waals surface area contributed by atoms with Gasteiger partial charge in [-0.05, 0) is 56.2 Å². The maximum Gasteiger partial charge on any atom is 0.232 e. The van der Waals surface area contributed by atoms with Crippen LogP contribution in [0.2, 0.25) is 0 Å². The van der Waals surface area contributed by atoms with Gasteiger partial charge in [-0.3, -0.25) is 0 Å². The predicted octanol–water partition coefficient (Wildman–Crippen LogP) is 4.62. The number of hydrogen-bond donors (Lipinski definition) is 1. The van der Waals surface area contributed by atoms with Crippen molar-refractivity contribution in [1.29, 1.82) is 0 Å². The third-order valence-corrected chi connectivity index (χ3v) is 4.41. The zero-order chi connectivity index (χ0) is 17.9. The molecule has 0 radical (unpaired) electrons. The first-order valence-corrected chi connectivity index (χ1v) is 8.94. The topological polar surface area (TPSA) is 50.3 Å². The van der Waals surface area contributed by atoms with E-state index in [1.165, 1.54) is 11.3 Å². The fourth-order valence-corrected chi connectivity index (χ4v) is 3.23. The van der Waals surface area contributed by atoms with Crippen molar-refractivity contribution in [3.8, 4) is 5.75 Å². The van der Waals surface area contributed by atoms with Crippen LogP contribution < -0.4 is 15.0 Å². The van der Waals surface area contributed by atoms with Gasteiger partial charge >= 0.3 is 0 Å². The van der Waals surface area contributed by atoms with Crippen LogP contribution >= 0.6 is 0 Å². The second kappa shape index (κ2) is 7.04. The van der Waals surface area contributed by atoms with E-state index in [0.717, 1.165) is 41.9 Å². The Hall–Kier alpha value is -3.08. The number of nitrogens with zero attached hydrogens (tertiary/aromatic N) is 3. The minimum Gasteiger partial charge on any atom is -0.494 e. The van der Waals surface area contributed by atoms with Crippen LogP contribution in [0.3, 0.4) is 0 Å². The quantitative estimate of drug-likeness (QED) is 0.730. The average molecular weight is 346 g/mol. The molecule has 5 heteroatoms. The van der Waals surface area contributed by atoms with Crippen molar-refractivity contribution < 1.29 is 4.74 Å². The number of benzene rings is 2. The van der Waals surface area contributed by atoms with Crippen LogP contribution in [-0.4, -0.2) is 23.1 Å². The first-order valence-electron chi connectivity index (χ1n) is 8.94. The fourth-order valence-electron chi connectivity index (χ4n) is 3.23. The molecule has 2 heterocycles. The lowest BCUT2D eigenvalue weighted by Gasteiger charge is -2.18. The summed E-state index contributed by atoms with van der Waals surface area (Å²) in [5, 5.41) is 3.37. The Balaban J connectivity index is 1.59. The van der Waals surface area contributed by atoms with Gasteiger partial charge in [0.25, 0.3) is 0 Å². The second-order valence-electron chi connectivity index (χ2n) is 6.31. The molecule has 1 aromatic heterocycles. The van der Waals surface area contributed by atoms with E-state index in [1.54, 1.807) is 0 Å². The molecule has 4 rings (SSSR count). The van der Waals surface area contributed by atoms with Crippen LogP contribution in [0.25, 0.3) is 0 Å². The van der Waals surface area contributed by atoms with Crippen molar-refractivity contribution in [1.82, 2.24) is 9.97 Å². The molecular formula is C21H22N4O. The number of fused-ring (bicyclic) bond motifs is 1. The lowest BCUT2D eigenvalue weighted by atomic mass is 10.2. The van der Waals surface area contributed by atoms with Crippen LogP contribution in [0, 0.1) is 6.92 Å². The molecule has 1 aliphatic heterocycles. The summed E-state index contributed by atoms with van der Waals surface area (Å²) in [4.78, 5) is 11.6. The Labute approximate surface area is 153 Å². The normalized spacial score (nSPS) is 12.8. The van der Waals surface area contributed by atoms with Gasteiger partial charge in [0, 0.05) is 29.7 Å². The molecule has 2 aromatic carbocycles. The maximum absolute atomic E-state index is 5.49. The van der Waals surface area contributed by atoms with E-state index in [0.29, 0.717) is 6.61 Å². The highest BCUT2D eigenvalue weighted by Crippen LogP contribution is 2.33. The van der Waals surface area contributed by atoms with Gasteiger partial charge in [0.1, 0.15) is 11.6 Å². The second-order valence-corrected chi connectivity index (χ2v) is 6.31. The summed E-state index contributed by atoms with van der Waals surface area (Å²) in [6.45, 7) is 5.55. The highest BCUT2D eigenvalue weighted by molar-refractivity contribution is 5.67. The maximum atomic E-state index is 5.49. The molecule has 5 nitrogen and oxygen atoms in total. The minimum absolute atomic E-state index is 0.665. The van der Waals surface area contributed by atoms with E-state index < -0.39 is 0 Å². The monoisotopic (exact) mass is 346 g/mol. The summed E-state index contributed by atoms with van der Waals surface area (Å²) in [6, 6.07) is 18.3. The molecule has 1 N–H and O–H groups in total. The Kier molecular flexibility index (Phi) is 4.44. The van der Waals surface area contributed by atoms with Crippen molar-refractivity contribution in [2.45, 2.75) is 20.3 Å². The van der Waals surface area contributed by atoms with Crippen molar-refractivity contribution in [3.63, 3.8) is 0 Å². The van der Waals surface area contributed by atoms with Crippen molar-refractivity contribution in [2.75, 3.05) is 23.4 Å². The SMILES string of the molecule is CCOc1ccc(Nc2cc(C)nc(N3CCc4ccccc43)n2)cc1. The smallest absolute Gasteiger partial charge is 0.232 e. The predicted molar refractivity (Wildman–Crippen MR) is 105 cm³/mol. The van der Waals surface area contributed by atoms with Gasteiger partial charge in [0.05, 0.1) is 6.61 Å². The average Bonchev–Trinajstić information content (AvgIpc) is 3.07. The number of para-hydroxylation sites is 1. The molecule has 3 aromatic rings. The van der Waals surface area contributed by atoms with Crippen LogP contribution in [0.15, 0.2) is 54.6 Å². The first-order chi connectivity index (χ1) is 12.7. The van der Waals surface area contributed by atoms with Crippen LogP contribution in [0.1, 0.15) is 18.2 Å². The molecular weight excluding hydrogens is 324 g/mol. The Morgan fingerprint density at radius 3 is 2.69 bits per heavy atom. The summed E-state index contributed by atoms with van der Waals surface area (Å²) >= 11 is 0. The van der Waals surface area contributed by atoms with Crippen molar-refractivity contribution >= 4 is 23.1 Å². The zero-order valence-electron chi connectivity index (χ0n) is 15.1. The van der Waals surface area contributed by atoms with E-state index in [4.69, 9.17) is 9.72 Å². The summed E-state index contributed by atoms with van der Waals surface area (Å²) in [7, 11) is 0. The molecule has 0 saturated heterocycles. The molecule has 0 fully saturated rings. The molecule has 0 aliphatic carbocycles. The molecule has 0 atom stereocenters. The molecule has 0 bridgehead atoms. The Bertz CT molecular complexity index is 908. The zero-order valence-corrected chi connectivity index (χ0v) is 15.1. The van der Waals surface area contributed by atoms with Gasteiger partial charge < -0.3 is 15.0 Å².